The molecule has 92 valence electrons. The van der Waals surface area contributed by atoms with Gasteiger partial charge in [-0.25, -0.2) is 4.98 Å². The van der Waals surface area contributed by atoms with E-state index in [9.17, 15) is 4.79 Å². The smallest absolute Gasteiger partial charge is 0.270 e. The van der Waals surface area contributed by atoms with Crippen molar-refractivity contribution in [1.82, 2.24) is 10.3 Å². The lowest BCUT2D eigenvalue weighted by molar-refractivity contribution is 0.0935. The Morgan fingerprint density at radius 3 is 2.56 bits per heavy atom. The molecule has 0 spiro atoms. The van der Waals surface area contributed by atoms with Crippen LogP contribution in [0.3, 0.4) is 0 Å². The van der Waals surface area contributed by atoms with Gasteiger partial charge in [-0.05, 0) is 24.6 Å². The number of carbonyl (C=O) groups excluding carboxylic acids is 1. The van der Waals surface area contributed by atoms with Crippen LogP contribution in [0, 0.1) is 0 Å². The van der Waals surface area contributed by atoms with E-state index in [-0.39, 0.29) is 11.9 Å². The second kappa shape index (κ2) is 5.31. The minimum Gasteiger partial charge on any atom is -0.397 e. The fourth-order valence-corrected chi connectivity index (χ4v) is 1.64. The van der Waals surface area contributed by atoms with Gasteiger partial charge in [-0.3, -0.25) is 4.79 Å². The summed E-state index contributed by atoms with van der Waals surface area (Å²) in [5.41, 5.74) is 7.49. The number of nitrogens with one attached hydrogen (secondary N) is 1. The third-order valence-electron chi connectivity index (χ3n) is 2.67. The SMILES string of the molecule is C[C@@H](NC(=O)c1ccc(N)cn1)c1ccccc1. The van der Waals surface area contributed by atoms with Gasteiger partial charge in [0.05, 0.1) is 17.9 Å². The van der Waals surface area contributed by atoms with E-state index < -0.39 is 0 Å². The molecule has 1 aromatic carbocycles. The van der Waals surface area contributed by atoms with Crippen molar-refractivity contribution in [2.24, 2.45) is 0 Å². The van der Waals surface area contributed by atoms with E-state index in [0.29, 0.717) is 11.4 Å². The summed E-state index contributed by atoms with van der Waals surface area (Å²) >= 11 is 0. The van der Waals surface area contributed by atoms with Crippen molar-refractivity contribution < 1.29 is 4.79 Å². The Labute approximate surface area is 106 Å². The first kappa shape index (κ1) is 12.1. The van der Waals surface area contributed by atoms with Crippen LogP contribution >= 0.6 is 0 Å². The summed E-state index contributed by atoms with van der Waals surface area (Å²) < 4.78 is 0. The summed E-state index contributed by atoms with van der Waals surface area (Å²) in [4.78, 5) is 15.9. The third kappa shape index (κ3) is 2.85. The molecule has 0 aliphatic heterocycles. The van der Waals surface area contributed by atoms with E-state index in [4.69, 9.17) is 5.73 Å². The summed E-state index contributed by atoms with van der Waals surface area (Å²) in [6.45, 7) is 1.94. The second-order valence-electron chi connectivity index (χ2n) is 4.08. The molecule has 3 N–H and O–H groups in total. The Balaban J connectivity index is 2.06. The molecular formula is C14H15N3O. The largest absolute Gasteiger partial charge is 0.397 e. The molecule has 2 aromatic rings. The summed E-state index contributed by atoms with van der Waals surface area (Å²) in [6.07, 6.45) is 1.47. The predicted octanol–water partition coefficient (Wildman–Crippen LogP) is 2.15. The van der Waals surface area contributed by atoms with Crippen LogP contribution in [0.1, 0.15) is 29.0 Å². The number of nitrogens with zero attached hydrogens (tertiary/aromatic N) is 1. The van der Waals surface area contributed by atoms with Gasteiger partial charge in [0.1, 0.15) is 5.69 Å². The summed E-state index contributed by atoms with van der Waals surface area (Å²) in [7, 11) is 0. The van der Waals surface area contributed by atoms with Gasteiger partial charge in [0.2, 0.25) is 0 Å². The number of aromatic nitrogens is 1. The zero-order valence-electron chi connectivity index (χ0n) is 10.1. The minimum absolute atomic E-state index is 0.0574. The molecule has 0 radical (unpaired) electrons. The minimum atomic E-state index is -0.202. The first-order chi connectivity index (χ1) is 8.66. The maximum Gasteiger partial charge on any atom is 0.270 e. The molecule has 4 nitrogen and oxygen atoms in total. The van der Waals surface area contributed by atoms with Crippen molar-refractivity contribution in [3.05, 3.63) is 59.9 Å². The topological polar surface area (TPSA) is 68.0 Å². The third-order valence-corrected chi connectivity index (χ3v) is 2.67. The Morgan fingerprint density at radius 1 is 1.22 bits per heavy atom. The average molecular weight is 241 g/mol. The van der Waals surface area contributed by atoms with Crippen LogP contribution in [-0.4, -0.2) is 10.9 Å². The zero-order valence-corrected chi connectivity index (χ0v) is 10.1. The number of pyridine rings is 1. The van der Waals surface area contributed by atoms with Crippen molar-refractivity contribution in [3.63, 3.8) is 0 Å². The van der Waals surface area contributed by atoms with Gasteiger partial charge in [0.15, 0.2) is 0 Å². The van der Waals surface area contributed by atoms with E-state index in [1.807, 2.05) is 37.3 Å². The Kier molecular flexibility index (Phi) is 3.57. The van der Waals surface area contributed by atoms with Gasteiger partial charge in [0.25, 0.3) is 5.91 Å². The quantitative estimate of drug-likeness (QED) is 0.865. The van der Waals surface area contributed by atoms with Crippen molar-refractivity contribution in [3.8, 4) is 0 Å². The van der Waals surface area contributed by atoms with Crippen LogP contribution in [0.5, 0.6) is 0 Å². The summed E-state index contributed by atoms with van der Waals surface area (Å²) in [5.74, 6) is -0.202. The Bertz CT molecular complexity index is 522. The number of anilines is 1. The standard InChI is InChI=1S/C14H15N3O/c1-10(11-5-3-2-4-6-11)17-14(18)13-8-7-12(15)9-16-13/h2-10H,15H2,1H3,(H,17,18)/t10-/m1/s1. The van der Waals surface area contributed by atoms with Gasteiger partial charge < -0.3 is 11.1 Å². The number of nitrogens with two attached hydrogens (primary N) is 1. The number of rotatable bonds is 3. The van der Waals surface area contributed by atoms with Gasteiger partial charge in [-0.1, -0.05) is 30.3 Å². The summed E-state index contributed by atoms with van der Waals surface area (Å²) in [6, 6.07) is 13.0. The lowest BCUT2D eigenvalue weighted by atomic mass is 10.1. The van der Waals surface area contributed by atoms with E-state index in [0.717, 1.165) is 5.56 Å². The summed E-state index contributed by atoms with van der Waals surface area (Å²) in [5, 5.41) is 2.89. The van der Waals surface area contributed by atoms with Crippen molar-refractivity contribution in [2.45, 2.75) is 13.0 Å². The molecule has 1 heterocycles. The molecular weight excluding hydrogens is 226 g/mol. The molecule has 0 aliphatic carbocycles. The highest BCUT2D eigenvalue weighted by Gasteiger charge is 2.11. The Morgan fingerprint density at radius 2 is 1.94 bits per heavy atom. The highest BCUT2D eigenvalue weighted by Crippen LogP contribution is 2.12. The maximum absolute atomic E-state index is 11.9. The fourth-order valence-electron chi connectivity index (χ4n) is 1.64. The van der Waals surface area contributed by atoms with Crippen LogP contribution in [-0.2, 0) is 0 Å². The lowest BCUT2D eigenvalue weighted by Crippen LogP contribution is -2.27. The van der Waals surface area contributed by atoms with Gasteiger partial charge in [0, 0.05) is 0 Å². The number of amides is 1. The molecule has 0 aliphatic rings. The van der Waals surface area contributed by atoms with Gasteiger partial charge >= 0.3 is 0 Å². The maximum atomic E-state index is 11.9. The number of carbonyl (C=O) groups is 1. The average Bonchev–Trinajstić information content (AvgIpc) is 2.40. The second-order valence-corrected chi connectivity index (χ2v) is 4.08. The monoisotopic (exact) mass is 241 g/mol. The van der Waals surface area contributed by atoms with Crippen molar-refractivity contribution >= 4 is 11.6 Å². The van der Waals surface area contributed by atoms with Crippen LogP contribution in [0.15, 0.2) is 48.7 Å². The van der Waals surface area contributed by atoms with E-state index >= 15 is 0 Å². The molecule has 0 fully saturated rings. The molecule has 0 unspecified atom stereocenters. The first-order valence-electron chi connectivity index (χ1n) is 5.74. The van der Waals surface area contributed by atoms with E-state index in [2.05, 4.69) is 10.3 Å². The van der Waals surface area contributed by atoms with Crippen LogP contribution in [0.2, 0.25) is 0 Å². The number of benzene rings is 1. The molecule has 0 bridgehead atoms. The number of hydrogen-bond acceptors (Lipinski definition) is 3. The molecule has 4 heteroatoms. The highest BCUT2D eigenvalue weighted by molar-refractivity contribution is 5.92. The van der Waals surface area contributed by atoms with Crippen LogP contribution in [0.25, 0.3) is 0 Å². The molecule has 1 aromatic heterocycles. The highest BCUT2D eigenvalue weighted by atomic mass is 16.1. The molecule has 1 amide bonds. The molecule has 0 saturated heterocycles. The van der Waals surface area contributed by atoms with E-state index in [1.54, 1.807) is 12.1 Å². The molecule has 0 saturated carbocycles. The van der Waals surface area contributed by atoms with Crippen molar-refractivity contribution in [1.29, 1.82) is 0 Å². The van der Waals surface area contributed by atoms with Crippen LogP contribution < -0.4 is 11.1 Å². The first-order valence-corrected chi connectivity index (χ1v) is 5.74. The fraction of sp³-hybridized carbons (Fsp3) is 0.143. The normalized spacial score (nSPS) is 11.8. The number of nitrogen functional groups attached to an aromatic ring is 1. The van der Waals surface area contributed by atoms with Crippen LogP contribution in [0.4, 0.5) is 5.69 Å². The zero-order chi connectivity index (χ0) is 13.0. The van der Waals surface area contributed by atoms with E-state index in [1.165, 1.54) is 6.20 Å². The predicted molar refractivity (Wildman–Crippen MR) is 71.0 cm³/mol. The molecule has 2 rings (SSSR count). The number of hydrogen-bond donors (Lipinski definition) is 2. The molecule has 18 heavy (non-hydrogen) atoms. The van der Waals surface area contributed by atoms with Gasteiger partial charge in [-0.2, -0.15) is 0 Å². The van der Waals surface area contributed by atoms with Gasteiger partial charge in [-0.15, -0.1) is 0 Å². The van der Waals surface area contributed by atoms with Crippen molar-refractivity contribution in [2.75, 3.05) is 5.73 Å². The Hall–Kier alpha value is -2.36. The lowest BCUT2D eigenvalue weighted by Gasteiger charge is -2.13. The molecule has 1 atom stereocenters.